The molecule has 0 spiro atoms. The molecule has 5 nitrogen and oxygen atoms in total. The van der Waals surface area contributed by atoms with Crippen LogP contribution in [0.15, 0.2) is 48.5 Å². The fourth-order valence-corrected chi connectivity index (χ4v) is 2.53. The van der Waals surface area contributed by atoms with Crippen LogP contribution in [0.4, 0.5) is 0 Å². The number of aryl methyl sites for hydroxylation is 1. The van der Waals surface area contributed by atoms with Gasteiger partial charge < -0.3 is 19.9 Å². The number of carbonyl (C=O) groups is 1. The lowest BCUT2D eigenvalue weighted by atomic mass is 10.1. The molecular formula is C20H24ClNO4. The monoisotopic (exact) mass is 377 g/mol. The number of hydrogen-bond acceptors (Lipinski definition) is 4. The van der Waals surface area contributed by atoms with Gasteiger partial charge in [-0.25, -0.2) is 4.79 Å². The van der Waals surface area contributed by atoms with E-state index in [0.29, 0.717) is 25.6 Å². The van der Waals surface area contributed by atoms with Crippen LogP contribution in [0.2, 0.25) is 5.02 Å². The van der Waals surface area contributed by atoms with Crippen molar-refractivity contribution >= 4 is 17.6 Å². The standard InChI is InChI=1S/C13H17NO4.C7H7Cl/c15-13(16)11-3-1-2-4-12(11)18-9-10-7-14-5-6-17-8-10;1-6-4-2-3-5-7(6)8/h1-4,10,14H,5-9H2,(H,15,16);2-5H,1H3. The molecule has 0 amide bonds. The van der Waals surface area contributed by atoms with Gasteiger partial charge in [0.2, 0.25) is 0 Å². The molecule has 6 heteroatoms. The van der Waals surface area contributed by atoms with Crippen LogP contribution in [-0.2, 0) is 4.74 Å². The first kappa shape index (κ1) is 20.2. The predicted octanol–water partition coefficient (Wildman–Crippen LogP) is 3.65. The first-order chi connectivity index (χ1) is 12.6. The SMILES string of the molecule is Cc1ccccc1Cl.O=C(O)c1ccccc1OCC1CNCCOC1. The van der Waals surface area contributed by atoms with E-state index in [1.54, 1.807) is 24.3 Å². The highest BCUT2D eigenvalue weighted by atomic mass is 35.5. The van der Waals surface area contributed by atoms with E-state index in [1.165, 1.54) is 0 Å². The van der Waals surface area contributed by atoms with E-state index in [9.17, 15) is 4.79 Å². The molecule has 3 rings (SSSR count). The van der Waals surface area contributed by atoms with E-state index in [4.69, 9.17) is 26.2 Å². The fraction of sp³-hybridized carbons (Fsp3) is 0.350. The van der Waals surface area contributed by atoms with Crippen molar-refractivity contribution in [3.05, 3.63) is 64.7 Å². The van der Waals surface area contributed by atoms with Gasteiger partial charge in [-0.05, 0) is 30.7 Å². The van der Waals surface area contributed by atoms with Gasteiger partial charge in [-0.2, -0.15) is 0 Å². The lowest BCUT2D eigenvalue weighted by Gasteiger charge is -2.15. The second-order valence-corrected chi connectivity index (χ2v) is 6.41. The number of nitrogens with one attached hydrogen (secondary N) is 1. The van der Waals surface area contributed by atoms with Gasteiger partial charge in [0.1, 0.15) is 11.3 Å². The molecule has 2 N–H and O–H groups in total. The number of benzene rings is 2. The lowest BCUT2D eigenvalue weighted by Crippen LogP contribution is -2.27. The number of halogens is 1. The first-order valence-electron chi connectivity index (χ1n) is 8.52. The highest BCUT2D eigenvalue weighted by Gasteiger charge is 2.15. The zero-order valence-corrected chi connectivity index (χ0v) is 15.5. The van der Waals surface area contributed by atoms with Gasteiger partial charge in [0.15, 0.2) is 0 Å². The minimum atomic E-state index is -0.971. The summed E-state index contributed by atoms with van der Waals surface area (Å²) in [7, 11) is 0. The van der Waals surface area contributed by atoms with Crippen LogP contribution in [0.5, 0.6) is 5.75 Å². The van der Waals surface area contributed by atoms with Gasteiger partial charge in [0.25, 0.3) is 0 Å². The first-order valence-corrected chi connectivity index (χ1v) is 8.90. The number of hydrogen-bond donors (Lipinski definition) is 2. The Kier molecular flexibility index (Phi) is 8.41. The van der Waals surface area contributed by atoms with Gasteiger partial charge >= 0.3 is 5.97 Å². The van der Waals surface area contributed by atoms with Crippen molar-refractivity contribution in [2.24, 2.45) is 5.92 Å². The van der Waals surface area contributed by atoms with Crippen LogP contribution < -0.4 is 10.1 Å². The van der Waals surface area contributed by atoms with Crippen LogP contribution in [0.1, 0.15) is 15.9 Å². The Morgan fingerprint density at radius 3 is 2.69 bits per heavy atom. The molecule has 2 aromatic carbocycles. The van der Waals surface area contributed by atoms with Crippen LogP contribution in [0.25, 0.3) is 0 Å². The van der Waals surface area contributed by atoms with E-state index < -0.39 is 5.97 Å². The minimum absolute atomic E-state index is 0.194. The Hall–Kier alpha value is -2.08. The summed E-state index contributed by atoms with van der Waals surface area (Å²) in [6, 6.07) is 14.4. The summed E-state index contributed by atoms with van der Waals surface area (Å²) < 4.78 is 11.0. The maximum absolute atomic E-state index is 11.0. The van der Waals surface area contributed by atoms with Gasteiger partial charge in [-0.15, -0.1) is 0 Å². The number of rotatable bonds is 4. The quantitative estimate of drug-likeness (QED) is 0.851. The average Bonchev–Trinajstić information content (AvgIpc) is 2.92. The molecule has 1 saturated heterocycles. The van der Waals surface area contributed by atoms with Crippen LogP contribution in [0.3, 0.4) is 0 Å². The molecule has 1 atom stereocenters. The molecule has 1 heterocycles. The largest absolute Gasteiger partial charge is 0.492 e. The Morgan fingerprint density at radius 1 is 1.27 bits per heavy atom. The van der Waals surface area contributed by atoms with Gasteiger partial charge in [-0.1, -0.05) is 41.9 Å². The summed E-state index contributed by atoms with van der Waals surface area (Å²) >= 11 is 5.71. The lowest BCUT2D eigenvalue weighted by molar-refractivity contribution is 0.0688. The summed E-state index contributed by atoms with van der Waals surface area (Å²) in [6.07, 6.45) is 0. The molecule has 2 aromatic rings. The molecule has 1 aliphatic rings. The smallest absolute Gasteiger partial charge is 0.339 e. The third kappa shape index (κ3) is 6.67. The van der Waals surface area contributed by atoms with Crippen molar-refractivity contribution < 1.29 is 19.4 Å². The van der Waals surface area contributed by atoms with E-state index in [-0.39, 0.29) is 11.5 Å². The van der Waals surface area contributed by atoms with Crippen molar-refractivity contribution in [2.45, 2.75) is 6.92 Å². The van der Waals surface area contributed by atoms with Crippen molar-refractivity contribution in [1.82, 2.24) is 5.32 Å². The molecule has 140 valence electrons. The molecule has 0 aliphatic carbocycles. The fourth-order valence-electron chi connectivity index (χ4n) is 2.39. The van der Waals surface area contributed by atoms with Crippen LogP contribution in [0, 0.1) is 12.8 Å². The zero-order valence-electron chi connectivity index (χ0n) is 14.8. The van der Waals surface area contributed by atoms with Crippen molar-refractivity contribution in [2.75, 3.05) is 32.9 Å². The number of ether oxygens (including phenoxy) is 2. The number of carboxylic acids is 1. The van der Waals surface area contributed by atoms with E-state index >= 15 is 0 Å². The Morgan fingerprint density at radius 2 is 2.00 bits per heavy atom. The Balaban J connectivity index is 0.000000254. The van der Waals surface area contributed by atoms with Crippen molar-refractivity contribution in [3.63, 3.8) is 0 Å². The summed E-state index contributed by atoms with van der Waals surface area (Å²) in [5.41, 5.74) is 1.33. The van der Waals surface area contributed by atoms with Crippen LogP contribution >= 0.6 is 11.6 Å². The highest BCUT2D eigenvalue weighted by Crippen LogP contribution is 2.18. The molecular weight excluding hydrogens is 354 g/mol. The molecule has 1 aliphatic heterocycles. The molecule has 0 saturated carbocycles. The topological polar surface area (TPSA) is 67.8 Å². The molecule has 26 heavy (non-hydrogen) atoms. The molecule has 0 radical (unpaired) electrons. The van der Waals surface area contributed by atoms with Gasteiger partial charge in [0, 0.05) is 24.0 Å². The second kappa shape index (κ2) is 10.8. The Labute approximate surface area is 158 Å². The summed E-state index contributed by atoms with van der Waals surface area (Å²) in [5, 5.41) is 13.1. The van der Waals surface area contributed by atoms with Gasteiger partial charge in [-0.3, -0.25) is 0 Å². The predicted molar refractivity (Wildman–Crippen MR) is 102 cm³/mol. The summed E-state index contributed by atoms with van der Waals surface area (Å²) in [5.74, 6) is -0.315. The number of para-hydroxylation sites is 1. The zero-order chi connectivity index (χ0) is 18.8. The third-order valence-electron chi connectivity index (χ3n) is 3.88. The highest BCUT2D eigenvalue weighted by molar-refractivity contribution is 6.31. The van der Waals surface area contributed by atoms with Crippen LogP contribution in [-0.4, -0.2) is 44.0 Å². The van der Waals surface area contributed by atoms with E-state index in [1.807, 2.05) is 31.2 Å². The maximum atomic E-state index is 11.0. The summed E-state index contributed by atoms with van der Waals surface area (Å²) in [6.45, 7) is 5.47. The number of carboxylic acid groups (broad SMARTS) is 1. The third-order valence-corrected chi connectivity index (χ3v) is 4.30. The summed E-state index contributed by atoms with van der Waals surface area (Å²) in [4.78, 5) is 11.0. The molecule has 1 unspecified atom stereocenters. The van der Waals surface area contributed by atoms with Crippen molar-refractivity contribution in [1.29, 1.82) is 0 Å². The normalized spacial score (nSPS) is 16.8. The van der Waals surface area contributed by atoms with Crippen molar-refractivity contribution in [3.8, 4) is 5.75 Å². The van der Waals surface area contributed by atoms with Gasteiger partial charge in [0.05, 0.1) is 19.8 Å². The second-order valence-electron chi connectivity index (χ2n) is 6.01. The number of aromatic carboxylic acids is 1. The Bertz CT molecular complexity index is 679. The maximum Gasteiger partial charge on any atom is 0.339 e. The average molecular weight is 378 g/mol. The molecule has 0 aromatic heterocycles. The van der Waals surface area contributed by atoms with E-state index in [0.717, 1.165) is 23.7 Å². The minimum Gasteiger partial charge on any atom is -0.492 e. The molecule has 0 bridgehead atoms. The van der Waals surface area contributed by atoms with E-state index in [2.05, 4.69) is 5.32 Å². The molecule has 1 fully saturated rings.